The molecule has 2 aliphatic heterocycles. The van der Waals surface area contributed by atoms with Crippen molar-refractivity contribution in [2.75, 3.05) is 39.3 Å². The number of benzene rings is 1. The SMILES string of the molecule is C[C@@H]1CN(C2CCN(CCc3ccccc3)CC2)CCO1. The van der Waals surface area contributed by atoms with Gasteiger partial charge in [0.2, 0.25) is 0 Å². The zero-order valence-electron chi connectivity index (χ0n) is 13.2. The molecule has 2 heterocycles. The summed E-state index contributed by atoms with van der Waals surface area (Å²) in [6, 6.07) is 11.6. The van der Waals surface area contributed by atoms with Crippen LogP contribution in [-0.4, -0.2) is 61.3 Å². The van der Waals surface area contributed by atoms with E-state index in [0.717, 1.165) is 25.7 Å². The lowest BCUT2D eigenvalue weighted by atomic mass is 10.0. The van der Waals surface area contributed by atoms with E-state index < -0.39 is 0 Å². The number of hydrogen-bond donors (Lipinski definition) is 0. The topological polar surface area (TPSA) is 15.7 Å². The van der Waals surface area contributed by atoms with Crippen molar-refractivity contribution < 1.29 is 4.74 Å². The summed E-state index contributed by atoms with van der Waals surface area (Å²) >= 11 is 0. The lowest BCUT2D eigenvalue weighted by Gasteiger charge is -2.41. The second-order valence-electron chi connectivity index (χ2n) is 6.48. The van der Waals surface area contributed by atoms with Crippen molar-refractivity contribution in [3.05, 3.63) is 35.9 Å². The largest absolute Gasteiger partial charge is 0.376 e. The molecule has 1 aromatic carbocycles. The van der Waals surface area contributed by atoms with Gasteiger partial charge in [-0.05, 0) is 44.8 Å². The third-order valence-corrected chi connectivity index (χ3v) is 4.91. The number of morpholine rings is 1. The molecule has 0 saturated carbocycles. The second kappa shape index (κ2) is 7.39. The minimum absolute atomic E-state index is 0.412. The number of ether oxygens (including phenoxy) is 1. The first kappa shape index (κ1) is 15.0. The lowest BCUT2D eigenvalue weighted by molar-refractivity contribution is -0.0433. The molecule has 0 aliphatic carbocycles. The number of rotatable bonds is 4. The zero-order valence-corrected chi connectivity index (χ0v) is 13.2. The molecule has 0 radical (unpaired) electrons. The van der Waals surface area contributed by atoms with Crippen molar-refractivity contribution in [3.63, 3.8) is 0 Å². The van der Waals surface area contributed by atoms with Gasteiger partial charge in [-0.3, -0.25) is 4.90 Å². The maximum absolute atomic E-state index is 5.66. The predicted octanol–water partition coefficient (Wildman–Crippen LogP) is 2.41. The Bertz CT molecular complexity index is 414. The van der Waals surface area contributed by atoms with Crippen molar-refractivity contribution in [2.24, 2.45) is 0 Å². The molecule has 21 heavy (non-hydrogen) atoms. The molecule has 0 amide bonds. The van der Waals surface area contributed by atoms with Crippen LogP contribution in [0.5, 0.6) is 0 Å². The molecule has 0 bridgehead atoms. The van der Waals surface area contributed by atoms with Crippen LogP contribution in [0.1, 0.15) is 25.3 Å². The lowest BCUT2D eigenvalue weighted by Crippen LogP contribution is -2.51. The normalized spacial score (nSPS) is 26.0. The fourth-order valence-electron chi connectivity index (χ4n) is 3.62. The minimum Gasteiger partial charge on any atom is -0.376 e. The third kappa shape index (κ3) is 4.29. The van der Waals surface area contributed by atoms with Crippen LogP contribution in [-0.2, 0) is 11.2 Å². The highest BCUT2D eigenvalue weighted by atomic mass is 16.5. The molecule has 3 heteroatoms. The summed E-state index contributed by atoms with van der Waals surface area (Å²) in [5.74, 6) is 0. The van der Waals surface area contributed by atoms with Crippen LogP contribution in [0.2, 0.25) is 0 Å². The molecule has 0 unspecified atom stereocenters. The fraction of sp³-hybridized carbons (Fsp3) is 0.667. The first-order valence-electron chi connectivity index (χ1n) is 8.43. The van der Waals surface area contributed by atoms with Crippen LogP contribution in [0.15, 0.2) is 30.3 Å². The van der Waals surface area contributed by atoms with E-state index in [2.05, 4.69) is 47.1 Å². The van der Waals surface area contributed by atoms with E-state index in [1.807, 2.05) is 0 Å². The highest BCUT2D eigenvalue weighted by Gasteiger charge is 2.27. The van der Waals surface area contributed by atoms with Crippen LogP contribution in [0.4, 0.5) is 0 Å². The smallest absolute Gasteiger partial charge is 0.0674 e. The van der Waals surface area contributed by atoms with Gasteiger partial charge in [0.15, 0.2) is 0 Å². The van der Waals surface area contributed by atoms with E-state index in [4.69, 9.17) is 4.74 Å². The Morgan fingerprint density at radius 2 is 1.86 bits per heavy atom. The van der Waals surface area contributed by atoms with Gasteiger partial charge in [-0.25, -0.2) is 0 Å². The summed E-state index contributed by atoms with van der Waals surface area (Å²) in [4.78, 5) is 5.29. The Balaban J connectivity index is 1.40. The van der Waals surface area contributed by atoms with Crippen LogP contribution >= 0.6 is 0 Å². The summed E-state index contributed by atoms with van der Waals surface area (Å²) < 4.78 is 5.66. The molecule has 116 valence electrons. The van der Waals surface area contributed by atoms with Gasteiger partial charge >= 0.3 is 0 Å². The Morgan fingerprint density at radius 3 is 2.57 bits per heavy atom. The summed E-state index contributed by atoms with van der Waals surface area (Å²) in [7, 11) is 0. The molecule has 1 aromatic rings. The molecular formula is C18H28N2O. The second-order valence-corrected chi connectivity index (χ2v) is 6.48. The van der Waals surface area contributed by atoms with E-state index in [9.17, 15) is 0 Å². The highest BCUT2D eigenvalue weighted by Crippen LogP contribution is 2.19. The molecule has 3 rings (SSSR count). The maximum Gasteiger partial charge on any atom is 0.0674 e. The van der Waals surface area contributed by atoms with Gasteiger partial charge in [-0.1, -0.05) is 30.3 Å². The van der Waals surface area contributed by atoms with Crippen LogP contribution in [0.3, 0.4) is 0 Å². The van der Waals surface area contributed by atoms with Crippen molar-refractivity contribution in [1.29, 1.82) is 0 Å². The van der Waals surface area contributed by atoms with E-state index in [1.165, 1.54) is 44.5 Å². The van der Waals surface area contributed by atoms with Gasteiger partial charge in [0.25, 0.3) is 0 Å². The Morgan fingerprint density at radius 1 is 1.10 bits per heavy atom. The quantitative estimate of drug-likeness (QED) is 0.846. The van der Waals surface area contributed by atoms with Gasteiger partial charge in [-0.15, -0.1) is 0 Å². The van der Waals surface area contributed by atoms with Crippen molar-refractivity contribution in [3.8, 4) is 0 Å². The zero-order chi connectivity index (χ0) is 14.5. The molecule has 3 nitrogen and oxygen atoms in total. The molecule has 0 spiro atoms. The third-order valence-electron chi connectivity index (χ3n) is 4.91. The molecule has 2 fully saturated rings. The van der Waals surface area contributed by atoms with Crippen molar-refractivity contribution in [1.82, 2.24) is 9.80 Å². The maximum atomic E-state index is 5.66. The average molecular weight is 288 g/mol. The molecule has 2 aliphatic rings. The van der Waals surface area contributed by atoms with Gasteiger partial charge in [0.1, 0.15) is 0 Å². The monoisotopic (exact) mass is 288 g/mol. The fourth-order valence-corrected chi connectivity index (χ4v) is 3.62. The summed E-state index contributed by atoms with van der Waals surface area (Å²) in [5, 5.41) is 0. The highest BCUT2D eigenvalue weighted by molar-refractivity contribution is 5.14. The summed E-state index contributed by atoms with van der Waals surface area (Å²) in [6.45, 7) is 9.06. The van der Waals surface area contributed by atoms with E-state index in [0.29, 0.717) is 6.10 Å². The molecule has 0 N–H and O–H groups in total. The van der Waals surface area contributed by atoms with E-state index in [-0.39, 0.29) is 0 Å². The molecule has 1 atom stereocenters. The van der Waals surface area contributed by atoms with Gasteiger partial charge in [-0.2, -0.15) is 0 Å². The molecular weight excluding hydrogens is 260 g/mol. The van der Waals surface area contributed by atoms with Crippen molar-refractivity contribution in [2.45, 2.75) is 38.3 Å². The number of nitrogens with zero attached hydrogens (tertiary/aromatic N) is 2. The Labute approximate surface area is 128 Å². The minimum atomic E-state index is 0.412. The summed E-state index contributed by atoms with van der Waals surface area (Å²) in [6.07, 6.45) is 4.23. The Kier molecular flexibility index (Phi) is 5.28. The average Bonchev–Trinajstić information content (AvgIpc) is 2.54. The van der Waals surface area contributed by atoms with Crippen molar-refractivity contribution >= 4 is 0 Å². The van der Waals surface area contributed by atoms with E-state index >= 15 is 0 Å². The Hall–Kier alpha value is -0.900. The van der Waals surface area contributed by atoms with Gasteiger partial charge in [0, 0.05) is 25.7 Å². The summed E-state index contributed by atoms with van der Waals surface area (Å²) in [5.41, 5.74) is 1.46. The van der Waals surface area contributed by atoms with Gasteiger partial charge in [0.05, 0.1) is 12.7 Å². The predicted molar refractivity (Wildman–Crippen MR) is 86.6 cm³/mol. The van der Waals surface area contributed by atoms with Crippen LogP contribution < -0.4 is 0 Å². The number of piperidine rings is 1. The molecule has 0 aromatic heterocycles. The van der Waals surface area contributed by atoms with Crippen LogP contribution in [0.25, 0.3) is 0 Å². The first-order valence-corrected chi connectivity index (χ1v) is 8.43. The first-order chi connectivity index (χ1) is 10.3. The number of hydrogen-bond acceptors (Lipinski definition) is 3. The number of likely N-dealkylation sites (tertiary alicyclic amines) is 1. The molecule has 2 saturated heterocycles. The van der Waals surface area contributed by atoms with Crippen LogP contribution in [0, 0.1) is 0 Å². The standard InChI is InChI=1S/C18H28N2O/c1-16-15-20(13-14-21-16)18-8-11-19(12-9-18)10-7-17-5-3-2-4-6-17/h2-6,16,18H,7-15H2,1H3/t16-/m1/s1. The van der Waals surface area contributed by atoms with Gasteiger partial charge < -0.3 is 9.64 Å². The van der Waals surface area contributed by atoms with E-state index in [1.54, 1.807) is 0 Å².